The van der Waals surface area contributed by atoms with Gasteiger partial charge in [-0.25, -0.2) is 0 Å². The van der Waals surface area contributed by atoms with E-state index in [1.54, 1.807) is 11.3 Å². The molecule has 2 aromatic heterocycles. The molecule has 2 saturated heterocycles. The fraction of sp³-hybridized carbons (Fsp3) is 0.562. The van der Waals surface area contributed by atoms with Gasteiger partial charge < -0.3 is 5.32 Å². The van der Waals surface area contributed by atoms with Crippen molar-refractivity contribution in [2.75, 3.05) is 7.05 Å². The van der Waals surface area contributed by atoms with Crippen molar-refractivity contribution in [2.45, 2.75) is 50.4 Å². The third-order valence-corrected chi connectivity index (χ3v) is 5.70. The lowest BCUT2D eigenvalue weighted by Crippen LogP contribution is -2.46. The standard InChI is InChI=1S/C16H22N4S/c1-20(15-6-13-2-3-14(7-15)18-13)9-12-8-17-19-16(12)11-4-5-21-10-11/h4-5,8,10,13-15,18H,2-3,6-7,9H2,1H3,(H,17,19). The second-order valence-electron chi connectivity index (χ2n) is 6.46. The average Bonchev–Trinajstić information content (AvgIpc) is 3.20. The van der Waals surface area contributed by atoms with Crippen LogP contribution in [-0.4, -0.2) is 40.3 Å². The normalized spacial score (nSPS) is 28.4. The van der Waals surface area contributed by atoms with Gasteiger partial charge in [0.2, 0.25) is 0 Å². The number of piperidine rings is 1. The molecule has 4 rings (SSSR count). The van der Waals surface area contributed by atoms with E-state index in [-0.39, 0.29) is 0 Å². The number of thiophene rings is 1. The van der Waals surface area contributed by atoms with Gasteiger partial charge in [-0.3, -0.25) is 10.00 Å². The minimum atomic E-state index is 0.703. The molecule has 0 radical (unpaired) electrons. The van der Waals surface area contributed by atoms with E-state index in [0.29, 0.717) is 6.04 Å². The molecule has 5 heteroatoms. The lowest BCUT2D eigenvalue weighted by molar-refractivity contribution is 0.166. The molecule has 21 heavy (non-hydrogen) atoms. The van der Waals surface area contributed by atoms with Crippen LogP contribution in [0.2, 0.25) is 0 Å². The van der Waals surface area contributed by atoms with E-state index >= 15 is 0 Å². The molecule has 112 valence electrons. The Bertz CT molecular complexity index is 579. The quantitative estimate of drug-likeness (QED) is 0.913. The van der Waals surface area contributed by atoms with Crippen molar-refractivity contribution in [1.29, 1.82) is 0 Å². The van der Waals surface area contributed by atoms with Gasteiger partial charge in [-0.15, -0.1) is 0 Å². The summed E-state index contributed by atoms with van der Waals surface area (Å²) >= 11 is 1.73. The highest BCUT2D eigenvalue weighted by molar-refractivity contribution is 7.08. The number of nitrogens with one attached hydrogen (secondary N) is 2. The van der Waals surface area contributed by atoms with Gasteiger partial charge in [0, 0.05) is 41.2 Å². The summed E-state index contributed by atoms with van der Waals surface area (Å²) in [5.41, 5.74) is 3.74. The summed E-state index contributed by atoms with van der Waals surface area (Å²) in [4.78, 5) is 2.52. The van der Waals surface area contributed by atoms with E-state index in [4.69, 9.17) is 0 Å². The van der Waals surface area contributed by atoms with Crippen molar-refractivity contribution in [3.8, 4) is 11.3 Å². The van der Waals surface area contributed by atoms with E-state index in [9.17, 15) is 0 Å². The molecule has 4 nitrogen and oxygen atoms in total. The number of H-pyrrole nitrogens is 1. The van der Waals surface area contributed by atoms with Gasteiger partial charge in [0.05, 0.1) is 11.9 Å². The predicted octanol–water partition coefficient (Wildman–Crippen LogP) is 2.85. The summed E-state index contributed by atoms with van der Waals surface area (Å²) in [6.45, 7) is 0.978. The van der Waals surface area contributed by atoms with Gasteiger partial charge in [-0.1, -0.05) is 0 Å². The van der Waals surface area contributed by atoms with Crippen molar-refractivity contribution in [1.82, 2.24) is 20.4 Å². The number of hydrogen-bond donors (Lipinski definition) is 2. The summed E-state index contributed by atoms with van der Waals surface area (Å²) in [5, 5.41) is 15.4. The van der Waals surface area contributed by atoms with Gasteiger partial charge in [-0.05, 0) is 44.2 Å². The summed E-state index contributed by atoms with van der Waals surface area (Å²) in [6, 6.07) is 4.36. The van der Waals surface area contributed by atoms with Gasteiger partial charge >= 0.3 is 0 Å². The molecule has 0 aromatic carbocycles. The van der Waals surface area contributed by atoms with Crippen molar-refractivity contribution < 1.29 is 0 Å². The number of nitrogens with zero attached hydrogens (tertiary/aromatic N) is 2. The Hall–Kier alpha value is -1.17. The zero-order valence-electron chi connectivity index (χ0n) is 12.4. The van der Waals surface area contributed by atoms with Crippen molar-refractivity contribution in [3.63, 3.8) is 0 Å². The Morgan fingerprint density at radius 3 is 2.86 bits per heavy atom. The number of hydrogen-bond acceptors (Lipinski definition) is 4. The van der Waals surface area contributed by atoms with Crippen molar-refractivity contribution in [3.05, 3.63) is 28.6 Å². The molecular weight excluding hydrogens is 280 g/mol. The molecule has 0 spiro atoms. The molecule has 2 fully saturated rings. The van der Waals surface area contributed by atoms with E-state index in [1.807, 2.05) is 6.20 Å². The smallest absolute Gasteiger partial charge is 0.0703 e. The topological polar surface area (TPSA) is 44.0 Å². The first-order valence-electron chi connectivity index (χ1n) is 7.80. The van der Waals surface area contributed by atoms with E-state index < -0.39 is 0 Å². The highest BCUT2D eigenvalue weighted by Crippen LogP contribution is 2.31. The van der Waals surface area contributed by atoms with Gasteiger partial charge in [0.15, 0.2) is 0 Å². The maximum Gasteiger partial charge on any atom is 0.0703 e. The van der Waals surface area contributed by atoms with Gasteiger partial charge in [-0.2, -0.15) is 16.4 Å². The van der Waals surface area contributed by atoms with Crippen LogP contribution in [-0.2, 0) is 6.54 Å². The fourth-order valence-electron chi connectivity index (χ4n) is 3.87. The Balaban J connectivity index is 1.48. The zero-order chi connectivity index (χ0) is 14.2. The Morgan fingerprint density at radius 1 is 1.33 bits per heavy atom. The van der Waals surface area contributed by atoms with Crippen LogP contribution in [0.1, 0.15) is 31.2 Å². The number of aromatic nitrogens is 2. The van der Waals surface area contributed by atoms with E-state index in [2.05, 4.69) is 44.3 Å². The SMILES string of the molecule is CN(Cc1cn[nH]c1-c1ccsc1)C1CC2CCC(C1)N2. The second kappa shape index (κ2) is 5.55. The number of rotatable bonds is 4. The summed E-state index contributed by atoms with van der Waals surface area (Å²) in [7, 11) is 2.26. The predicted molar refractivity (Wildman–Crippen MR) is 86.3 cm³/mol. The number of fused-ring (bicyclic) bond motifs is 2. The molecule has 2 atom stereocenters. The van der Waals surface area contributed by atoms with Gasteiger partial charge in [0.1, 0.15) is 0 Å². The first kappa shape index (κ1) is 13.5. The second-order valence-corrected chi connectivity index (χ2v) is 7.24. The molecule has 2 unspecified atom stereocenters. The molecule has 0 amide bonds. The summed E-state index contributed by atoms with van der Waals surface area (Å²) < 4.78 is 0. The first-order valence-corrected chi connectivity index (χ1v) is 8.75. The van der Waals surface area contributed by atoms with E-state index in [0.717, 1.165) is 18.6 Å². The third-order valence-electron chi connectivity index (χ3n) is 5.02. The molecule has 0 saturated carbocycles. The molecule has 0 aliphatic carbocycles. The Kier molecular flexibility index (Phi) is 3.57. The highest BCUT2D eigenvalue weighted by atomic mass is 32.1. The molecule has 2 aromatic rings. The van der Waals surface area contributed by atoms with Crippen molar-refractivity contribution >= 4 is 11.3 Å². The summed E-state index contributed by atoms with van der Waals surface area (Å²) in [6.07, 6.45) is 7.29. The van der Waals surface area contributed by atoms with E-state index in [1.165, 1.54) is 42.5 Å². The molecule has 2 N–H and O–H groups in total. The largest absolute Gasteiger partial charge is 0.311 e. The van der Waals surface area contributed by atoms with Gasteiger partial charge in [0.25, 0.3) is 0 Å². The number of aromatic amines is 1. The minimum Gasteiger partial charge on any atom is -0.311 e. The van der Waals surface area contributed by atoms with Crippen LogP contribution in [0.25, 0.3) is 11.3 Å². The third kappa shape index (κ3) is 2.65. The van der Waals surface area contributed by atoms with Crippen LogP contribution in [0.3, 0.4) is 0 Å². The average molecular weight is 302 g/mol. The Morgan fingerprint density at radius 2 is 2.14 bits per heavy atom. The fourth-order valence-corrected chi connectivity index (χ4v) is 4.52. The van der Waals surface area contributed by atoms with Crippen LogP contribution >= 0.6 is 11.3 Å². The van der Waals surface area contributed by atoms with Crippen molar-refractivity contribution in [2.24, 2.45) is 0 Å². The molecule has 4 heterocycles. The lowest BCUT2D eigenvalue weighted by Gasteiger charge is -2.35. The molecule has 2 bridgehead atoms. The molecule has 2 aliphatic rings. The van der Waals surface area contributed by atoms with Crippen LogP contribution in [0.15, 0.2) is 23.0 Å². The van der Waals surface area contributed by atoms with Crippen LogP contribution in [0.5, 0.6) is 0 Å². The minimum absolute atomic E-state index is 0.703. The van der Waals surface area contributed by atoms with Crippen LogP contribution in [0.4, 0.5) is 0 Å². The lowest BCUT2D eigenvalue weighted by atomic mass is 9.98. The molecular formula is C16H22N4S. The monoisotopic (exact) mass is 302 g/mol. The zero-order valence-corrected chi connectivity index (χ0v) is 13.2. The Labute approximate surface area is 129 Å². The summed E-state index contributed by atoms with van der Waals surface area (Å²) in [5.74, 6) is 0. The highest BCUT2D eigenvalue weighted by Gasteiger charge is 2.35. The first-order chi connectivity index (χ1) is 10.3. The molecule has 2 aliphatic heterocycles. The maximum atomic E-state index is 4.26. The van der Waals surface area contributed by atoms with Crippen LogP contribution in [0, 0.1) is 0 Å². The van der Waals surface area contributed by atoms with Crippen LogP contribution < -0.4 is 5.32 Å². The maximum absolute atomic E-state index is 4.26.